The molecule has 106 valence electrons. The highest BCUT2D eigenvalue weighted by atomic mass is 35.5. The van der Waals surface area contributed by atoms with Crippen LogP contribution in [0.1, 0.15) is 18.5 Å². The van der Waals surface area contributed by atoms with E-state index in [9.17, 15) is 0 Å². The normalized spacial score (nSPS) is 12.3. The van der Waals surface area contributed by atoms with Crippen molar-refractivity contribution in [2.24, 2.45) is 0 Å². The lowest BCUT2D eigenvalue weighted by Crippen LogP contribution is -2.10. The molecule has 0 saturated heterocycles. The molecule has 0 aliphatic carbocycles. The van der Waals surface area contributed by atoms with Crippen LogP contribution in [-0.4, -0.2) is 20.2 Å². The van der Waals surface area contributed by atoms with Gasteiger partial charge in [-0.15, -0.1) is 5.10 Å². The molecule has 5 nitrogen and oxygen atoms in total. The fourth-order valence-corrected chi connectivity index (χ4v) is 2.49. The summed E-state index contributed by atoms with van der Waals surface area (Å²) in [7, 11) is 0. The average Bonchev–Trinajstić information content (AvgIpc) is 2.96. The van der Waals surface area contributed by atoms with Gasteiger partial charge in [-0.1, -0.05) is 41.9 Å². The molecule has 0 aliphatic rings. The third-order valence-electron chi connectivity index (χ3n) is 3.38. The van der Waals surface area contributed by atoms with Crippen LogP contribution in [0.15, 0.2) is 48.5 Å². The van der Waals surface area contributed by atoms with E-state index >= 15 is 0 Å². The summed E-state index contributed by atoms with van der Waals surface area (Å²) in [6, 6.07) is 15.4. The highest BCUT2D eigenvalue weighted by Crippen LogP contribution is 2.30. The van der Waals surface area contributed by atoms with Crippen molar-refractivity contribution in [1.29, 1.82) is 0 Å². The van der Waals surface area contributed by atoms with Crippen molar-refractivity contribution < 1.29 is 0 Å². The summed E-state index contributed by atoms with van der Waals surface area (Å²) in [6.45, 7) is 2.04. The molecule has 6 heteroatoms. The number of nitrogen functional groups attached to an aromatic ring is 1. The van der Waals surface area contributed by atoms with Crippen molar-refractivity contribution in [3.63, 3.8) is 0 Å². The topological polar surface area (TPSA) is 69.6 Å². The molecule has 0 fully saturated rings. The van der Waals surface area contributed by atoms with Gasteiger partial charge in [0.1, 0.15) is 0 Å². The molecule has 21 heavy (non-hydrogen) atoms. The minimum atomic E-state index is 0.00446. The number of hydrogen-bond donors (Lipinski definition) is 1. The number of benzene rings is 2. The number of tetrazole rings is 1. The van der Waals surface area contributed by atoms with Gasteiger partial charge in [-0.2, -0.15) is 0 Å². The second-order valence-corrected chi connectivity index (χ2v) is 5.18. The molecular formula is C15H14ClN5. The molecule has 0 aliphatic heterocycles. The second-order valence-electron chi connectivity index (χ2n) is 4.77. The average molecular weight is 300 g/mol. The summed E-state index contributed by atoms with van der Waals surface area (Å²) in [6.07, 6.45) is 0. The lowest BCUT2D eigenvalue weighted by Gasteiger charge is -2.14. The first-order valence-electron chi connectivity index (χ1n) is 6.55. The Morgan fingerprint density at radius 2 is 1.90 bits per heavy atom. The Morgan fingerprint density at radius 3 is 2.62 bits per heavy atom. The number of anilines is 1. The number of aromatic nitrogens is 4. The zero-order chi connectivity index (χ0) is 14.8. The molecule has 3 rings (SSSR count). The predicted molar refractivity (Wildman–Crippen MR) is 82.9 cm³/mol. The first-order valence-corrected chi connectivity index (χ1v) is 6.93. The van der Waals surface area contributed by atoms with Gasteiger partial charge in [0.25, 0.3) is 0 Å². The van der Waals surface area contributed by atoms with E-state index in [0.717, 1.165) is 11.1 Å². The quantitative estimate of drug-likeness (QED) is 0.754. The first-order chi connectivity index (χ1) is 10.2. The zero-order valence-corrected chi connectivity index (χ0v) is 12.2. The lowest BCUT2D eigenvalue weighted by atomic mass is 10.1. The fraction of sp³-hybridized carbons (Fsp3) is 0.133. The summed E-state index contributed by atoms with van der Waals surface area (Å²) in [5, 5.41) is 12.5. The highest BCUT2D eigenvalue weighted by molar-refractivity contribution is 6.33. The van der Waals surface area contributed by atoms with Crippen LogP contribution in [0.5, 0.6) is 0 Å². The Kier molecular flexibility index (Phi) is 3.58. The Hall–Kier alpha value is -2.40. The largest absolute Gasteiger partial charge is 0.399 e. The van der Waals surface area contributed by atoms with Crippen molar-refractivity contribution in [2.45, 2.75) is 13.0 Å². The third kappa shape index (κ3) is 2.60. The first kappa shape index (κ1) is 13.6. The van der Waals surface area contributed by atoms with Gasteiger partial charge in [0, 0.05) is 11.3 Å². The van der Waals surface area contributed by atoms with E-state index in [-0.39, 0.29) is 6.04 Å². The number of nitrogens with two attached hydrogens (primary N) is 1. The van der Waals surface area contributed by atoms with Crippen molar-refractivity contribution >= 4 is 17.3 Å². The maximum Gasteiger partial charge on any atom is 0.184 e. The predicted octanol–water partition coefficient (Wildman–Crippen LogP) is 3.19. The molecule has 1 atom stereocenters. The van der Waals surface area contributed by atoms with Gasteiger partial charge in [0.15, 0.2) is 5.82 Å². The Balaban J connectivity index is 2.05. The van der Waals surface area contributed by atoms with Gasteiger partial charge in [-0.05, 0) is 41.1 Å². The van der Waals surface area contributed by atoms with Gasteiger partial charge in [-0.3, -0.25) is 0 Å². The smallest absolute Gasteiger partial charge is 0.184 e. The second kappa shape index (κ2) is 5.54. The van der Waals surface area contributed by atoms with E-state index in [1.165, 1.54) is 0 Å². The van der Waals surface area contributed by atoms with Crippen LogP contribution in [-0.2, 0) is 0 Å². The molecule has 0 radical (unpaired) electrons. The molecule has 0 bridgehead atoms. The highest BCUT2D eigenvalue weighted by Gasteiger charge is 2.18. The molecule has 1 aromatic heterocycles. The molecule has 0 saturated carbocycles. The van der Waals surface area contributed by atoms with E-state index in [4.69, 9.17) is 17.3 Å². The van der Waals surface area contributed by atoms with E-state index in [1.807, 2.05) is 43.3 Å². The van der Waals surface area contributed by atoms with Gasteiger partial charge < -0.3 is 5.73 Å². The Bertz CT molecular complexity index is 754. The number of nitrogens with zero attached hydrogens (tertiary/aromatic N) is 4. The van der Waals surface area contributed by atoms with Crippen LogP contribution in [0.3, 0.4) is 0 Å². The SMILES string of the molecule is CC(c1ccccc1)n1nnnc1-c1ccc(N)cc1Cl. The summed E-state index contributed by atoms with van der Waals surface area (Å²) in [5.74, 6) is 0.622. The minimum absolute atomic E-state index is 0.00446. The Morgan fingerprint density at radius 1 is 1.14 bits per heavy atom. The lowest BCUT2D eigenvalue weighted by molar-refractivity contribution is 0.548. The number of halogens is 1. The maximum atomic E-state index is 6.25. The van der Waals surface area contributed by atoms with E-state index in [0.29, 0.717) is 16.5 Å². The van der Waals surface area contributed by atoms with E-state index < -0.39 is 0 Å². The molecule has 3 aromatic rings. The maximum absolute atomic E-state index is 6.25. The molecule has 2 aromatic carbocycles. The van der Waals surface area contributed by atoms with Crippen LogP contribution in [0.4, 0.5) is 5.69 Å². The zero-order valence-electron chi connectivity index (χ0n) is 11.4. The third-order valence-corrected chi connectivity index (χ3v) is 3.69. The van der Waals surface area contributed by atoms with E-state index in [2.05, 4.69) is 15.5 Å². The van der Waals surface area contributed by atoms with Crippen LogP contribution < -0.4 is 5.73 Å². The minimum Gasteiger partial charge on any atom is -0.399 e. The molecule has 2 N–H and O–H groups in total. The molecule has 1 unspecified atom stereocenters. The standard InChI is InChI=1S/C15H14ClN5/c1-10(11-5-3-2-4-6-11)21-15(18-19-20-21)13-8-7-12(17)9-14(13)16/h2-10H,17H2,1H3. The van der Waals surface area contributed by atoms with Crippen molar-refractivity contribution in [2.75, 3.05) is 5.73 Å². The van der Waals surface area contributed by atoms with Crippen LogP contribution in [0, 0.1) is 0 Å². The number of rotatable bonds is 3. The summed E-state index contributed by atoms with van der Waals surface area (Å²) < 4.78 is 1.76. The fourth-order valence-electron chi connectivity index (χ4n) is 2.22. The Labute approximate surface area is 127 Å². The van der Waals surface area contributed by atoms with Crippen molar-refractivity contribution in [1.82, 2.24) is 20.2 Å². The molecule has 1 heterocycles. The summed E-state index contributed by atoms with van der Waals surface area (Å²) in [4.78, 5) is 0. The van der Waals surface area contributed by atoms with Crippen LogP contribution in [0.25, 0.3) is 11.4 Å². The summed E-state index contributed by atoms with van der Waals surface area (Å²) in [5.41, 5.74) is 8.22. The number of hydrogen-bond acceptors (Lipinski definition) is 4. The van der Waals surface area contributed by atoms with Crippen molar-refractivity contribution in [3.8, 4) is 11.4 Å². The van der Waals surface area contributed by atoms with Gasteiger partial charge in [-0.25, -0.2) is 4.68 Å². The van der Waals surface area contributed by atoms with Gasteiger partial charge in [0.05, 0.1) is 11.1 Å². The molecular weight excluding hydrogens is 286 g/mol. The molecule has 0 amide bonds. The van der Waals surface area contributed by atoms with Crippen molar-refractivity contribution in [3.05, 3.63) is 59.1 Å². The van der Waals surface area contributed by atoms with Gasteiger partial charge in [0.2, 0.25) is 0 Å². The van der Waals surface area contributed by atoms with E-state index in [1.54, 1.807) is 16.8 Å². The monoisotopic (exact) mass is 299 g/mol. The molecule has 0 spiro atoms. The van der Waals surface area contributed by atoms with Gasteiger partial charge >= 0.3 is 0 Å². The summed E-state index contributed by atoms with van der Waals surface area (Å²) >= 11 is 6.25. The van der Waals surface area contributed by atoms with Crippen LogP contribution in [0.2, 0.25) is 5.02 Å². The van der Waals surface area contributed by atoms with Crippen LogP contribution >= 0.6 is 11.6 Å².